The molecule has 1 aliphatic heterocycles. The fourth-order valence-corrected chi connectivity index (χ4v) is 3.01. The van der Waals surface area contributed by atoms with Gasteiger partial charge < -0.3 is 15.1 Å². The minimum atomic E-state index is 0.195. The minimum Gasteiger partial charge on any atom is -0.443 e. The van der Waals surface area contributed by atoms with Gasteiger partial charge in [0, 0.05) is 24.2 Å². The van der Waals surface area contributed by atoms with Crippen LogP contribution in [0.3, 0.4) is 0 Å². The van der Waals surface area contributed by atoms with Gasteiger partial charge >= 0.3 is 0 Å². The third kappa shape index (κ3) is 3.02. The van der Waals surface area contributed by atoms with E-state index in [1.165, 1.54) is 11.3 Å². The molecule has 2 heterocycles. The van der Waals surface area contributed by atoms with Gasteiger partial charge in [-0.2, -0.15) is 0 Å². The number of hydrogen-bond acceptors (Lipinski definition) is 4. The van der Waals surface area contributed by atoms with Gasteiger partial charge in [-0.15, -0.1) is 0 Å². The molecule has 0 saturated carbocycles. The number of oxazole rings is 1. The van der Waals surface area contributed by atoms with Crippen LogP contribution in [-0.4, -0.2) is 17.6 Å². The van der Waals surface area contributed by atoms with Crippen molar-refractivity contribution in [3.05, 3.63) is 47.2 Å². The summed E-state index contributed by atoms with van der Waals surface area (Å²) in [6, 6.07) is 8.77. The van der Waals surface area contributed by atoms with Crippen LogP contribution in [0.2, 0.25) is 0 Å². The SMILES string of the molecule is Cc1nc(C(C)C)oc1CN1CC(N)CCc2ccccc21. The molecule has 1 unspecified atom stereocenters. The Morgan fingerprint density at radius 3 is 2.86 bits per heavy atom. The van der Waals surface area contributed by atoms with Crippen molar-refractivity contribution in [3.8, 4) is 0 Å². The van der Waals surface area contributed by atoms with Gasteiger partial charge in [0.15, 0.2) is 5.89 Å². The van der Waals surface area contributed by atoms with Crippen LogP contribution in [0.15, 0.2) is 28.7 Å². The van der Waals surface area contributed by atoms with Crippen molar-refractivity contribution in [2.24, 2.45) is 5.73 Å². The van der Waals surface area contributed by atoms with E-state index in [-0.39, 0.29) is 6.04 Å². The second-order valence-electron chi connectivity index (χ2n) is 6.52. The van der Waals surface area contributed by atoms with E-state index in [9.17, 15) is 0 Å². The van der Waals surface area contributed by atoms with Crippen molar-refractivity contribution in [1.82, 2.24) is 4.98 Å². The van der Waals surface area contributed by atoms with E-state index in [2.05, 4.69) is 48.0 Å². The van der Waals surface area contributed by atoms with Gasteiger partial charge in [-0.25, -0.2) is 4.98 Å². The van der Waals surface area contributed by atoms with Crippen LogP contribution in [0, 0.1) is 6.92 Å². The van der Waals surface area contributed by atoms with Gasteiger partial charge in [0.2, 0.25) is 0 Å². The fourth-order valence-electron chi connectivity index (χ4n) is 3.01. The van der Waals surface area contributed by atoms with Crippen LogP contribution in [0.4, 0.5) is 5.69 Å². The molecular formula is C18H25N3O. The maximum absolute atomic E-state index is 6.26. The number of para-hydroxylation sites is 1. The summed E-state index contributed by atoms with van der Waals surface area (Å²) in [5, 5.41) is 0. The van der Waals surface area contributed by atoms with Gasteiger partial charge in [-0.3, -0.25) is 0 Å². The first-order valence-electron chi connectivity index (χ1n) is 8.09. The molecule has 4 heteroatoms. The monoisotopic (exact) mass is 299 g/mol. The lowest BCUT2D eigenvalue weighted by molar-refractivity contribution is 0.430. The smallest absolute Gasteiger partial charge is 0.197 e. The standard InChI is InChI=1S/C18H25N3O/c1-12(2)18-20-13(3)17(22-18)11-21-10-15(19)9-8-14-6-4-5-7-16(14)21/h4-7,12,15H,8-11,19H2,1-3H3. The van der Waals surface area contributed by atoms with Crippen LogP contribution in [-0.2, 0) is 13.0 Å². The minimum absolute atomic E-state index is 0.195. The average molecular weight is 299 g/mol. The van der Waals surface area contributed by atoms with E-state index in [4.69, 9.17) is 10.2 Å². The largest absolute Gasteiger partial charge is 0.443 e. The van der Waals surface area contributed by atoms with Crippen LogP contribution in [0.25, 0.3) is 0 Å². The zero-order valence-electron chi connectivity index (χ0n) is 13.7. The van der Waals surface area contributed by atoms with E-state index in [1.807, 2.05) is 6.92 Å². The maximum atomic E-state index is 6.26. The highest BCUT2D eigenvalue weighted by atomic mass is 16.4. The van der Waals surface area contributed by atoms with E-state index in [1.54, 1.807) is 0 Å². The Kier molecular flexibility index (Phi) is 4.21. The normalized spacial score (nSPS) is 18.4. The number of benzene rings is 1. The lowest BCUT2D eigenvalue weighted by Gasteiger charge is -2.25. The second kappa shape index (κ2) is 6.13. The first-order chi connectivity index (χ1) is 10.5. The molecule has 1 aromatic carbocycles. The predicted molar refractivity (Wildman–Crippen MR) is 89.1 cm³/mol. The van der Waals surface area contributed by atoms with Gasteiger partial charge in [0.1, 0.15) is 5.76 Å². The van der Waals surface area contributed by atoms with Crippen molar-refractivity contribution in [1.29, 1.82) is 0 Å². The molecule has 22 heavy (non-hydrogen) atoms. The number of aromatic nitrogens is 1. The van der Waals surface area contributed by atoms with E-state index in [0.29, 0.717) is 5.92 Å². The molecule has 2 aromatic rings. The Morgan fingerprint density at radius 2 is 2.14 bits per heavy atom. The van der Waals surface area contributed by atoms with E-state index in [0.717, 1.165) is 43.3 Å². The third-order valence-electron chi connectivity index (χ3n) is 4.31. The predicted octanol–water partition coefficient (Wildman–Crippen LogP) is 3.39. The van der Waals surface area contributed by atoms with Gasteiger partial charge in [0.25, 0.3) is 0 Å². The molecule has 0 saturated heterocycles. The molecule has 3 rings (SSSR count). The number of aryl methyl sites for hydroxylation is 2. The number of rotatable bonds is 3. The molecule has 1 aromatic heterocycles. The summed E-state index contributed by atoms with van der Waals surface area (Å²) in [4.78, 5) is 6.89. The number of anilines is 1. The summed E-state index contributed by atoms with van der Waals surface area (Å²) >= 11 is 0. The Balaban J connectivity index is 1.90. The molecule has 0 aliphatic carbocycles. The zero-order chi connectivity index (χ0) is 15.7. The summed E-state index contributed by atoms with van der Waals surface area (Å²) in [6.45, 7) is 7.82. The van der Waals surface area contributed by atoms with Crippen molar-refractivity contribution >= 4 is 5.69 Å². The summed E-state index contributed by atoms with van der Waals surface area (Å²) in [5.41, 5.74) is 9.89. The molecule has 2 N–H and O–H groups in total. The second-order valence-corrected chi connectivity index (χ2v) is 6.52. The Morgan fingerprint density at radius 1 is 1.36 bits per heavy atom. The highest BCUT2D eigenvalue weighted by molar-refractivity contribution is 5.55. The first kappa shape index (κ1) is 15.1. The van der Waals surface area contributed by atoms with Crippen molar-refractivity contribution in [3.63, 3.8) is 0 Å². The molecule has 0 radical (unpaired) electrons. The average Bonchev–Trinajstić information content (AvgIpc) is 2.78. The number of nitrogens with two attached hydrogens (primary N) is 1. The maximum Gasteiger partial charge on any atom is 0.197 e. The molecule has 4 nitrogen and oxygen atoms in total. The summed E-state index contributed by atoms with van der Waals surface area (Å²) in [7, 11) is 0. The molecule has 0 spiro atoms. The van der Waals surface area contributed by atoms with Crippen molar-refractivity contribution in [2.75, 3.05) is 11.4 Å². The zero-order valence-corrected chi connectivity index (χ0v) is 13.7. The lowest BCUT2D eigenvalue weighted by atomic mass is 10.1. The molecule has 0 amide bonds. The highest BCUT2D eigenvalue weighted by Gasteiger charge is 2.22. The molecular weight excluding hydrogens is 274 g/mol. The highest BCUT2D eigenvalue weighted by Crippen LogP contribution is 2.28. The summed E-state index contributed by atoms with van der Waals surface area (Å²) < 4.78 is 5.98. The number of hydrogen-bond donors (Lipinski definition) is 1. The Hall–Kier alpha value is -1.81. The van der Waals surface area contributed by atoms with Crippen LogP contribution in [0.1, 0.15) is 49.1 Å². The first-order valence-corrected chi connectivity index (χ1v) is 8.09. The van der Waals surface area contributed by atoms with Gasteiger partial charge in [-0.05, 0) is 31.4 Å². The topological polar surface area (TPSA) is 55.3 Å². The Labute approximate surface area is 132 Å². The van der Waals surface area contributed by atoms with Crippen molar-refractivity contribution < 1.29 is 4.42 Å². The summed E-state index contributed by atoms with van der Waals surface area (Å²) in [6.07, 6.45) is 2.07. The molecule has 0 fully saturated rings. The lowest BCUT2D eigenvalue weighted by Crippen LogP contribution is -2.36. The van der Waals surface area contributed by atoms with E-state index >= 15 is 0 Å². The molecule has 118 valence electrons. The van der Waals surface area contributed by atoms with Crippen LogP contribution < -0.4 is 10.6 Å². The number of fused-ring (bicyclic) bond motifs is 1. The number of nitrogens with zero attached hydrogens (tertiary/aromatic N) is 2. The summed E-state index contributed by atoms with van der Waals surface area (Å²) in [5.74, 6) is 2.08. The molecule has 0 bridgehead atoms. The molecule has 1 aliphatic rings. The quantitative estimate of drug-likeness (QED) is 0.944. The van der Waals surface area contributed by atoms with Crippen LogP contribution in [0.5, 0.6) is 0 Å². The fraction of sp³-hybridized carbons (Fsp3) is 0.500. The van der Waals surface area contributed by atoms with E-state index < -0.39 is 0 Å². The van der Waals surface area contributed by atoms with Crippen LogP contribution >= 0.6 is 0 Å². The molecule has 1 atom stereocenters. The van der Waals surface area contributed by atoms with Gasteiger partial charge in [0.05, 0.1) is 12.2 Å². The third-order valence-corrected chi connectivity index (χ3v) is 4.31. The van der Waals surface area contributed by atoms with Gasteiger partial charge in [-0.1, -0.05) is 32.0 Å². The Bertz CT molecular complexity index is 648. The van der Waals surface area contributed by atoms with Crippen molar-refractivity contribution in [2.45, 2.75) is 52.1 Å².